The third kappa shape index (κ3) is 5.26. The van der Waals surface area contributed by atoms with Crippen molar-refractivity contribution in [3.63, 3.8) is 0 Å². The largest absolute Gasteiger partial charge is 0.462 e. The van der Waals surface area contributed by atoms with Gasteiger partial charge in [-0.1, -0.05) is 20.8 Å². The summed E-state index contributed by atoms with van der Waals surface area (Å²) in [6.45, 7) is 6.09. The molecule has 2 aromatic carbocycles. The fraction of sp³-hybridized carbons (Fsp3) is 0.300. The van der Waals surface area contributed by atoms with Crippen LogP contribution in [-0.4, -0.2) is 27.9 Å². The fourth-order valence-electron chi connectivity index (χ4n) is 2.18. The monoisotopic (exact) mass is 373 g/mol. The van der Waals surface area contributed by atoms with E-state index in [4.69, 9.17) is 4.74 Å². The van der Waals surface area contributed by atoms with Crippen LogP contribution in [-0.2, 0) is 15.5 Å². The maximum absolute atomic E-state index is 12.3. The van der Waals surface area contributed by atoms with Crippen LogP contribution >= 0.6 is 0 Å². The molecule has 0 saturated carbocycles. The maximum Gasteiger partial charge on any atom is 0.338 e. The first-order valence-electron chi connectivity index (χ1n) is 8.51. The molecule has 0 spiro atoms. The summed E-state index contributed by atoms with van der Waals surface area (Å²) in [5.41, 5.74) is 1.50. The summed E-state index contributed by atoms with van der Waals surface area (Å²) in [5, 5.41) is 2.80. The summed E-state index contributed by atoms with van der Waals surface area (Å²) in [4.78, 5) is 24.8. The molecule has 0 saturated heterocycles. The van der Waals surface area contributed by atoms with Crippen molar-refractivity contribution in [3.8, 4) is 0 Å². The first-order chi connectivity index (χ1) is 12.4. The van der Waals surface area contributed by atoms with Gasteiger partial charge in [-0.3, -0.25) is 9.00 Å². The molecule has 0 fully saturated rings. The number of hydrogen-bond donors (Lipinski definition) is 1. The van der Waals surface area contributed by atoms with Gasteiger partial charge in [0.2, 0.25) is 0 Å². The third-order valence-corrected chi connectivity index (χ3v) is 5.19. The van der Waals surface area contributed by atoms with Gasteiger partial charge < -0.3 is 10.1 Å². The van der Waals surface area contributed by atoms with Crippen LogP contribution in [0.5, 0.6) is 0 Å². The Morgan fingerprint density at radius 2 is 1.58 bits per heavy atom. The smallest absolute Gasteiger partial charge is 0.338 e. The third-order valence-electron chi connectivity index (χ3n) is 3.59. The van der Waals surface area contributed by atoms with E-state index in [0.717, 1.165) is 6.42 Å². The molecule has 5 nitrogen and oxygen atoms in total. The van der Waals surface area contributed by atoms with Gasteiger partial charge in [-0.05, 0) is 55.0 Å². The van der Waals surface area contributed by atoms with E-state index in [2.05, 4.69) is 5.32 Å². The first kappa shape index (κ1) is 19.8. The molecule has 1 atom stereocenters. The highest BCUT2D eigenvalue weighted by Crippen LogP contribution is 2.15. The number of anilines is 1. The number of nitrogens with one attached hydrogen (secondary N) is 1. The van der Waals surface area contributed by atoms with Crippen LogP contribution < -0.4 is 5.32 Å². The topological polar surface area (TPSA) is 72.5 Å². The van der Waals surface area contributed by atoms with Crippen LogP contribution in [0.3, 0.4) is 0 Å². The fourth-order valence-corrected chi connectivity index (χ4v) is 3.13. The van der Waals surface area contributed by atoms with Gasteiger partial charge >= 0.3 is 5.97 Å². The lowest BCUT2D eigenvalue weighted by Crippen LogP contribution is -2.13. The molecule has 6 heteroatoms. The summed E-state index contributed by atoms with van der Waals surface area (Å²) < 4.78 is 17.1. The average Bonchev–Trinajstić information content (AvgIpc) is 2.66. The maximum atomic E-state index is 12.3. The molecule has 0 heterocycles. The number of carbonyl (C=O) groups is 2. The molecule has 0 aromatic heterocycles. The van der Waals surface area contributed by atoms with Crippen molar-refractivity contribution in [2.24, 2.45) is 0 Å². The number of hydrogen-bond acceptors (Lipinski definition) is 4. The van der Waals surface area contributed by atoms with Crippen LogP contribution in [0.1, 0.15) is 47.9 Å². The molecule has 2 rings (SSSR count). The highest BCUT2D eigenvalue weighted by atomic mass is 32.2. The van der Waals surface area contributed by atoms with Crippen LogP contribution in [0.25, 0.3) is 0 Å². The average molecular weight is 373 g/mol. The number of esters is 1. The zero-order valence-electron chi connectivity index (χ0n) is 15.2. The Balaban J connectivity index is 2.01. The van der Waals surface area contributed by atoms with Gasteiger partial charge in [0.25, 0.3) is 5.91 Å². The van der Waals surface area contributed by atoms with Gasteiger partial charge in [0.05, 0.1) is 23.0 Å². The quantitative estimate of drug-likeness (QED) is 0.744. The van der Waals surface area contributed by atoms with E-state index in [1.54, 1.807) is 48.5 Å². The molecule has 138 valence electrons. The SMILES string of the molecule is CCCOC(=O)c1ccc(NC(=O)c2ccc(S(=O)C(C)C)cc2)cc1. The molecule has 0 radical (unpaired) electrons. The van der Waals surface area contributed by atoms with Crippen molar-refractivity contribution in [1.29, 1.82) is 0 Å². The van der Waals surface area contributed by atoms with Crippen molar-refractivity contribution in [2.45, 2.75) is 37.3 Å². The lowest BCUT2D eigenvalue weighted by molar-refractivity contribution is 0.0505. The zero-order chi connectivity index (χ0) is 19.1. The van der Waals surface area contributed by atoms with Crippen molar-refractivity contribution < 1.29 is 18.5 Å². The van der Waals surface area contributed by atoms with E-state index in [9.17, 15) is 13.8 Å². The van der Waals surface area contributed by atoms with E-state index in [1.807, 2.05) is 20.8 Å². The van der Waals surface area contributed by atoms with Crippen LogP contribution in [0, 0.1) is 0 Å². The minimum absolute atomic E-state index is 0.0252. The molecule has 1 amide bonds. The number of rotatable bonds is 7. The normalized spacial score (nSPS) is 11.8. The van der Waals surface area contributed by atoms with E-state index < -0.39 is 10.8 Å². The highest BCUT2D eigenvalue weighted by Gasteiger charge is 2.11. The second-order valence-corrected chi connectivity index (χ2v) is 8.05. The number of amides is 1. The highest BCUT2D eigenvalue weighted by molar-refractivity contribution is 7.85. The van der Waals surface area contributed by atoms with E-state index in [0.29, 0.717) is 28.3 Å². The first-order valence-corrected chi connectivity index (χ1v) is 9.73. The molecule has 0 aliphatic rings. The van der Waals surface area contributed by atoms with Crippen molar-refractivity contribution in [2.75, 3.05) is 11.9 Å². The standard InChI is InChI=1S/C20H23NO4S/c1-4-13-25-20(23)16-5-9-17(10-6-16)21-19(22)15-7-11-18(12-8-15)26(24)14(2)3/h5-12,14H,4,13H2,1-3H3,(H,21,22). The van der Waals surface area contributed by atoms with E-state index in [1.165, 1.54) is 0 Å². The molecule has 0 aliphatic heterocycles. The Morgan fingerprint density at radius 3 is 2.12 bits per heavy atom. The zero-order valence-corrected chi connectivity index (χ0v) is 16.0. The summed E-state index contributed by atoms with van der Waals surface area (Å²) >= 11 is 0. The molecular formula is C20H23NO4S. The number of carbonyl (C=O) groups excluding carboxylic acids is 2. The summed E-state index contributed by atoms with van der Waals surface area (Å²) in [6, 6.07) is 13.3. The van der Waals surface area contributed by atoms with Crippen LogP contribution in [0.2, 0.25) is 0 Å². The Hall–Kier alpha value is -2.47. The minimum Gasteiger partial charge on any atom is -0.462 e. The van der Waals surface area contributed by atoms with Gasteiger partial charge in [0.15, 0.2) is 0 Å². The van der Waals surface area contributed by atoms with Gasteiger partial charge in [-0.15, -0.1) is 0 Å². The molecule has 1 N–H and O–H groups in total. The Bertz CT molecular complexity index is 782. The Morgan fingerprint density at radius 1 is 1.00 bits per heavy atom. The summed E-state index contributed by atoms with van der Waals surface area (Å²) in [7, 11) is -1.08. The molecule has 0 aliphatic carbocycles. The van der Waals surface area contributed by atoms with Gasteiger partial charge in [0.1, 0.15) is 0 Å². The number of ether oxygens (including phenoxy) is 1. The Kier molecular flexibility index (Phi) is 7.09. The lowest BCUT2D eigenvalue weighted by atomic mass is 10.2. The lowest BCUT2D eigenvalue weighted by Gasteiger charge is -2.08. The molecule has 0 bridgehead atoms. The van der Waals surface area contributed by atoms with Crippen molar-refractivity contribution >= 4 is 28.4 Å². The second-order valence-electron chi connectivity index (χ2n) is 6.04. The van der Waals surface area contributed by atoms with Crippen LogP contribution in [0.15, 0.2) is 53.4 Å². The minimum atomic E-state index is -1.08. The number of benzene rings is 2. The second kappa shape index (κ2) is 9.29. The predicted molar refractivity (Wildman–Crippen MR) is 103 cm³/mol. The summed E-state index contributed by atoms with van der Waals surface area (Å²) in [5.74, 6) is -0.647. The van der Waals surface area contributed by atoms with Gasteiger partial charge in [-0.2, -0.15) is 0 Å². The predicted octanol–water partition coefficient (Wildman–Crippen LogP) is 4.02. The van der Waals surface area contributed by atoms with Crippen molar-refractivity contribution in [3.05, 3.63) is 59.7 Å². The van der Waals surface area contributed by atoms with Crippen molar-refractivity contribution in [1.82, 2.24) is 0 Å². The molecule has 2 aromatic rings. The van der Waals surface area contributed by atoms with Gasteiger partial charge in [0, 0.05) is 21.4 Å². The van der Waals surface area contributed by atoms with Crippen LogP contribution in [0.4, 0.5) is 5.69 Å². The Labute approximate surface area is 156 Å². The van der Waals surface area contributed by atoms with Gasteiger partial charge in [-0.25, -0.2) is 4.79 Å². The van der Waals surface area contributed by atoms with E-state index >= 15 is 0 Å². The molecule has 26 heavy (non-hydrogen) atoms. The van der Waals surface area contributed by atoms with E-state index in [-0.39, 0.29) is 17.1 Å². The summed E-state index contributed by atoms with van der Waals surface area (Å²) in [6.07, 6.45) is 0.767. The molecule has 1 unspecified atom stereocenters. The molecular weight excluding hydrogens is 350 g/mol.